The first kappa shape index (κ1) is 25.0. The molecular formula is C31H22F3NO3. The van der Waals surface area contributed by atoms with E-state index in [4.69, 9.17) is 0 Å². The van der Waals surface area contributed by atoms with Gasteiger partial charge in [-0.2, -0.15) is 13.2 Å². The summed E-state index contributed by atoms with van der Waals surface area (Å²) in [6.07, 6.45) is -4.51. The molecule has 7 heteroatoms. The van der Waals surface area contributed by atoms with Crippen LogP contribution in [-0.4, -0.2) is 21.4 Å². The number of nitrogens with zero attached hydrogens (tertiary/aromatic N) is 1. The van der Waals surface area contributed by atoms with Crippen molar-refractivity contribution in [3.63, 3.8) is 0 Å². The number of carbonyl (C=O) groups excluding carboxylic acids is 1. The molecule has 0 spiro atoms. The molecule has 1 heterocycles. The van der Waals surface area contributed by atoms with Crippen LogP contribution in [0.5, 0.6) is 0 Å². The number of benzene rings is 4. The van der Waals surface area contributed by atoms with Crippen LogP contribution in [0.15, 0.2) is 97.1 Å². The summed E-state index contributed by atoms with van der Waals surface area (Å²) in [5.41, 5.74) is 3.38. The quantitative estimate of drug-likeness (QED) is 0.235. The molecule has 190 valence electrons. The Bertz CT molecular complexity index is 1680. The molecule has 0 aliphatic rings. The lowest BCUT2D eigenvalue weighted by molar-refractivity contribution is -0.137. The molecule has 0 aliphatic heterocycles. The van der Waals surface area contributed by atoms with E-state index in [-0.39, 0.29) is 18.0 Å². The molecular weight excluding hydrogens is 491 g/mol. The molecule has 0 unspecified atom stereocenters. The van der Waals surface area contributed by atoms with E-state index in [9.17, 15) is 27.9 Å². The Morgan fingerprint density at radius 1 is 0.789 bits per heavy atom. The molecule has 5 rings (SSSR count). The molecule has 4 aromatic carbocycles. The van der Waals surface area contributed by atoms with Crippen LogP contribution < -0.4 is 0 Å². The predicted octanol–water partition coefficient (Wildman–Crippen LogP) is 7.94. The van der Waals surface area contributed by atoms with Gasteiger partial charge in [-0.05, 0) is 59.5 Å². The number of aromatic nitrogens is 1. The standard InChI is InChI=1S/C31H22F3NO3/c1-19(36)22-10-6-11-23(16-22)24-13-14-27-26(17-24)28(21-8-3-2-4-9-21)29(30(37)38)35(27)18-20-7-5-12-25(15-20)31(32,33)34/h2-17H,18H2,1H3,(H,37,38). The number of hydrogen-bond acceptors (Lipinski definition) is 2. The molecule has 4 nitrogen and oxygen atoms in total. The van der Waals surface area contributed by atoms with Crippen LogP contribution in [0, 0.1) is 0 Å². The van der Waals surface area contributed by atoms with Crippen molar-refractivity contribution < 1.29 is 27.9 Å². The van der Waals surface area contributed by atoms with Crippen LogP contribution in [0.4, 0.5) is 13.2 Å². The van der Waals surface area contributed by atoms with Gasteiger partial charge in [0.05, 0.1) is 5.56 Å². The molecule has 0 aliphatic carbocycles. The number of aromatic carboxylic acids is 1. The summed E-state index contributed by atoms with van der Waals surface area (Å²) in [5.74, 6) is -1.26. The summed E-state index contributed by atoms with van der Waals surface area (Å²) < 4.78 is 41.6. The highest BCUT2D eigenvalue weighted by molar-refractivity contribution is 6.09. The zero-order valence-electron chi connectivity index (χ0n) is 20.3. The van der Waals surface area contributed by atoms with Gasteiger partial charge in [-0.3, -0.25) is 4.79 Å². The Labute approximate surface area is 216 Å². The number of alkyl halides is 3. The lowest BCUT2D eigenvalue weighted by Crippen LogP contribution is -2.11. The fraction of sp³-hybridized carbons (Fsp3) is 0.0968. The van der Waals surface area contributed by atoms with E-state index in [1.807, 2.05) is 24.3 Å². The van der Waals surface area contributed by atoms with Gasteiger partial charge in [-0.1, -0.05) is 66.7 Å². The van der Waals surface area contributed by atoms with Crippen LogP contribution in [0.1, 0.15) is 38.9 Å². The second kappa shape index (κ2) is 9.67. The molecule has 5 aromatic rings. The maximum absolute atomic E-state index is 13.4. The Morgan fingerprint density at radius 3 is 2.16 bits per heavy atom. The normalized spacial score (nSPS) is 11.6. The number of ketones is 1. The highest BCUT2D eigenvalue weighted by Crippen LogP contribution is 2.38. The van der Waals surface area contributed by atoms with Gasteiger partial charge in [-0.25, -0.2) is 4.79 Å². The Kier molecular flexibility index (Phi) is 6.36. The summed E-state index contributed by atoms with van der Waals surface area (Å²) in [4.78, 5) is 24.6. The molecule has 0 atom stereocenters. The molecule has 0 saturated carbocycles. The van der Waals surface area contributed by atoms with Crippen molar-refractivity contribution in [2.24, 2.45) is 0 Å². The molecule has 38 heavy (non-hydrogen) atoms. The zero-order valence-corrected chi connectivity index (χ0v) is 20.3. The fourth-order valence-electron chi connectivity index (χ4n) is 4.76. The summed E-state index contributed by atoms with van der Waals surface area (Å²) in [6, 6.07) is 26.6. The number of carboxylic acid groups (broad SMARTS) is 1. The first-order valence-corrected chi connectivity index (χ1v) is 11.9. The fourth-order valence-corrected chi connectivity index (χ4v) is 4.76. The maximum Gasteiger partial charge on any atom is 0.416 e. The third-order valence-corrected chi connectivity index (χ3v) is 6.53. The minimum Gasteiger partial charge on any atom is -0.477 e. The van der Waals surface area contributed by atoms with Crippen molar-refractivity contribution >= 4 is 22.7 Å². The third kappa shape index (κ3) is 4.70. The Hall–Kier alpha value is -4.65. The Balaban J connectivity index is 1.76. The minimum atomic E-state index is -4.51. The van der Waals surface area contributed by atoms with Crippen LogP contribution >= 0.6 is 0 Å². The van der Waals surface area contributed by atoms with E-state index >= 15 is 0 Å². The molecule has 1 N–H and O–H groups in total. The van der Waals surface area contributed by atoms with Gasteiger partial charge in [0.2, 0.25) is 0 Å². The van der Waals surface area contributed by atoms with E-state index in [0.29, 0.717) is 33.2 Å². The second-order valence-electron chi connectivity index (χ2n) is 9.05. The average Bonchev–Trinajstić information content (AvgIpc) is 3.22. The highest BCUT2D eigenvalue weighted by atomic mass is 19.4. The van der Waals surface area contributed by atoms with Gasteiger partial charge in [0.25, 0.3) is 0 Å². The van der Waals surface area contributed by atoms with E-state index in [0.717, 1.165) is 23.3 Å². The first-order valence-electron chi connectivity index (χ1n) is 11.9. The van der Waals surface area contributed by atoms with Crippen molar-refractivity contribution in [3.8, 4) is 22.3 Å². The van der Waals surface area contributed by atoms with Crippen LogP contribution in [0.25, 0.3) is 33.2 Å². The van der Waals surface area contributed by atoms with Crippen molar-refractivity contribution in [2.45, 2.75) is 19.6 Å². The number of rotatable bonds is 6. The molecule has 0 radical (unpaired) electrons. The van der Waals surface area contributed by atoms with Crippen molar-refractivity contribution in [1.29, 1.82) is 0 Å². The largest absolute Gasteiger partial charge is 0.477 e. The smallest absolute Gasteiger partial charge is 0.416 e. The molecule has 0 saturated heterocycles. The predicted molar refractivity (Wildman–Crippen MR) is 140 cm³/mol. The number of Topliss-reactive ketones (excluding diaryl/α,β-unsaturated/α-hetero) is 1. The van der Waals surface area contributed by atoms with Gasteiger partial charge in [0.15, 0.2) is 5.78 Å². The summed E-state index contributed by atoms with van der Waals surface area (Å²) in [5, 5.41) is 11.0. The molecule has 0 amide bonds. The lowest BCUT2D eigenvalue weighted by Gasteiger charge is -2.12. The second-order valence-corrected chi connectivity index (χ2v) is 9.05. The van der Waals surface area contributed by atoms with E-state index in [1.54, 1.807) is 59.2 Å². The number of fused-ring (bicyclic) bond motifs is 1. The van der Waals surface area contributed by atoms with Gasteiger partial charge in [-0.15, -0.1) is 0 Å². The molecule has 0 bridgehead atoms. The monoisotopic (exact) mass is 513 g/mol. The molecule has 0 fully saturated rings. The van der Waals surface area contributed by atoms with Crippen molar-refractivity contribution in [2.75, 3.05) is 0 Å². The zero-order chi connectivity index (χ0) is 27.0. The topological polar surface area (TPSA) is 59.3 Å². The van der Waals surface area contributed by atoms with E-state index < -0.39 is 17.7 Å². The van der Waals surface area contributed by atoms with Gasteiger partial charge >= 0.3 is 12.1 Å². The minimum absolute atomic E-state index is 0.0155. The third-order valence-electron chi connectivity index (χ3n) is 6.53. The van der Waals surface area contributed by atoms with Gasteiger partial charge in [0, 0.05) is 28.6 Å². The van der Waals surface area contributed by atoms with Crippen molar-refractivity contribution in [3.05, 3.63) is 119 Å². The summed E-state index contributed by atoms with van der Waals surface area (Å²) >= 11 is 0. The Morgan fingerprint density at radius 2 is 1.47 bits per heavy atom. The summed E-state index contributed by atoms with van der Waals surface area (Å²) in [7, 11) is 0. The van der Waals surface area contributed by atoms with Crippen LogP contribution in [0.3, 0.4) is 0 Å². The van der Waals surface area contributed by atoms with Crippen LogP contribution in [0.2, 0.25) is 0 Å². The molecule has 1 aromatic heterocycles. The number of hydrogen-bond donors (Lipinski definition) is 1. The number of carbonyl (C=O) groups is 2. The van der Waals surface area contributed by atoms with Gasteiger partial charge in [0.1, 0.15) is 5.69 Å². The SMILES string of the molecule is CC(=O)c1cccc(-c2ccc3c(c2)c(-c2ccccc2)c(C(=O)O)n3Cc2cccc(C(F)(F)F)c2)c1. The van der Waals surface area contributed by atoms with Crippen molar-refractivity contribution in [1.82, 2.24) is 4.57 Å². The number of carboxylic acids is 1. The number of halogens is 3. The average molecular weight is 514 g/mol. The highest BCUT2D eigenvalue weighted by Gasteiger charge is 2.31. The van der Waals surface area contributed by atoms with E-state index in [2.05, 4.69) is 0 Å². The first-order chi connectivity index (χ1) is 18.1. The maximum atomic E-state index is 13.4. The van der Waals surface area contributed by atoms with E-state index in [1.165, 1.54) is 13.0 Å². The van der Waals surface area contributed by atoms with Crippen LogP contribution in [-0.2, 0) is 12.7 Å². The summed E-state index contributed by atoms with van der Waals surface area (Å²) in [6.45, 7) is 1.43. The lowest BCUT2D eigenvalue weighted by atomic mass is 9.97. The van der Waals surface area contributed by atoms with Gasteiger partial charge < -0.3 is 9.67 Å².